The second-order valence-electron chi connectivity index (χ2n) is 2.70. The van der Waals surface area contributed by atoms with E-state index in [0.717, 1.165) is 6.42 Å². The van der Waals surface area contributed by atoms with E-state index in [4.69, 9.17) is 0 Å². The van der Waals surface area contributed by atoms with Crippen LogP contribution in [0.4, 0.5) is 0 Å². The average Bonchev–Trinajstić information content (AvgIpc) is 2.18. The van der Waals surface area contributed by atoms with Crippen LogP contribution in [0.25, 0.3) is 0 Å². The van der Waals surface area contributed by atoms with E-state index in [9.17, 15) is 4.79 Å². The number of amides is 1. The van der Waals surface area contributed by atoms with Crippen molar-refractivity contribution in [3.05, 3.63) is 41.2 Å². The van der Waals surface area contributed by atoms with Gasteiger partial charge in [-0.05, 0) is 34.5 Å². The topological polar surface area (TPSA) is 42.0 Å². The molecule has 1 N–H and O–H groups in total. The molecule has 1 heterocycles. The van der Waals surface area contributed by atoms with Crippen molar-refractivity contribution < 1.29 is 4.79 Å². The Hall–Kier alpha value is -1.16. The molecule has 0 saturated carbocycles. The number of hydrogen-bond donors (Lipinski definition) is 1. The quantitative estimate of drug-likeness (QED) is 0.509. The monoisotopic (exact) mass is 254 g/mol. The van der Waals surface area contributed by atoms with Crippen molar-refractivity contribution in [1.82, 2.24) is 10.3 Å². The van der Waals surface area contributed by atoms with Gasteiger partial charge in [0.2, 0.25) is 0 Å². The van der Waals surface area contributed by atoms with Gasteiger partial charge in [0.1, 0.15) is 4.60 Å². The maximum atomic E-state index is 11.5. The maximum Gasteiger partial charge on any atom is 0.251 e. The lowest BCUT2D eigenvalue weighted by molar-refractivity contribution is 0.0954. The number of carbonyl (C=O) groups is 1. The predicted octanol–water partition coefficient (Wildman–Crippen LogP) is 2.15. The zero-order chi connectivity index (χ0) is 10.4. The van der Waals surface area contributed by atoms with Crippen LogP contribution in [0.15, 0.2) is 35.6 Å². The van der Waals surface area contributed by atoms with Crippen LogP contribution >= 0.6 is 15.9 Å². The van der Waals surface area contributed by atoms with E-state index < -0.39 is 0 Å². The fraction of sp³-hybridized carbons (Fsp3) is 0.200. The van der Waals surface area contributed by atoms with Crippen molar-refractivity contribution in [2.45, 2.75) is 6.42 Å². The van der Waals surface area contributed by atoms with E-state index >= 15 is 0 Å². The van der Waals surface area contributed by atoms with E-state index in [2.05, 4.69) is 32.8 Å². The summed E-state index contributed by atoms with van der Waals surface area (Å²) in [7, 11) is 0. The summed E-state index contributed by atoms with van der Waals surface area (Å²) in [5.41, 5.74) is 0.607. The van der Waals surface area contributed by atoms with Crippen molar-refractivity contribution in [3.63, 3.8) is 0 Å². The van der Waals surface area contributed by atoms with Crippen LogP contribution in [0, 0.1) is 0 Å². The van der Waals surface area contributed by atoms with Gasteiger partial charge in [0.25, 0.3) is 5.91 Å². The highest BCUT2D eigenvalue weighted by molar-refractivity contribution is 9.10. The summed E-state index contributed by atoms with van der Waals surface area (Å²) >= 11 is 3.20. The van der Waals surface area contributed by atoms with Crippen molar-refractivity contribution in [3.8, 4) is 0 Å². The summed E-state index contributed by atoms with van der Waals surface area (Å²) in [6.45, 7) is 4.19. The van der Waals surface area contributed by atoms with Gasteiger partial charge in [-0.25, -0.2) is 4.98 Å². The second-order valence-corrected chi connectivity index (χ2v) is 3.51. The molecular formula is C10H11BrN2O. The van der Waals surface area contributed by atoms with Gasteiger partial charge < -0.3 is 5.32 Å². The minimum atomic E-state index is -0.0880. The van der Waals surface area contributed by atoms with Gasteiger partial charge in [0.15, 0.2) is 0 Å². The minimum Gasteiger partial charge on any atom is -0.352 e. The van der Waals surface area contributed by atoms with Gasteiger partial charge in [0, 0.05) is 18.3 Å². The Balaban J connectivity index is 2.56. The van der Waals surface area contributed by atoms with Crippen LogP contribution in [-0.4, -0.2) is 17.4 Å². The van der Waals surface area contributed by atoms with Crippen LogP contribution < -0.4 is 5.32 Å². The molecule has 0 atom stereocenters. The zero-order valence-corrected chi connectivity index (χ0v) is 9.25. The molecule has 4 heteroatoms. The Morgan fingerprint density at radius 1 is 1.71 bits per heavy atom. The highest BCUT2D eigenvalue weighted by Crippen LogP contribution is 2.07. The van der Waals surface area contributed by atoms with Gasteiger partial charge in [0.05, 0.1) is 0 Å². The number of rotatable bonds is 4. The number of nitrogens with zero attached hydrogens (tertiary/aromatic N) is 1. The second kappa shape index (κ2) is 5.54. The number of nitrogens with one attached hydrogen (secondary N) is 1. The first-order valence-corrected chi connectivity index (χ1v) is 5.04. The zero-order valence-electron chi connectivity index (χ0n) is 7.66. The maximum absolute atomic E-state index is 11.5. The van der Waals surface area contributed by atoms with E-state index in [-0.39, 0.29) is 5.91 Å². The molecule has 0 aromatic carbocycles. The molecule has 0 aliphatic carbocycles. The molecule has 0 aliphatic rings. The Morgan fingerprint density at radius 2 is 2.50 bits per heavy atom. The normalized spacial score (nSPS) is 9.50. The van der Waals surface area contributed by atoms with Crippen LogP contribution in [0.1, 0.15) is 16.8 Å². The molecule has 0 bridgehead atoms. The van der Waals surface area contributed by atoms with Crippen molar-refractivity contribution in [2.24, 2.45) is 0 Å². The van der Waals surface area contributed by atoms with Gasteiger partial charge in [-0.2, -0.15) is 0 Å². The SMILES string of the molecule is C=CCCNC(=O)c1ccnc(Br)c1. The molecule has 74 valence electrons. The molecule has 0 radical (unpaired) electrons. The summed E-state index contributed by atoms with van der Waals surface area (Å²) in [4.78, 5) is 15.4. The Bertz CT molecular complexity index is 339. The minimum absolute atomic E-state index is 0.0880. The molecule has 1 amide bonds. The molecule has 0 fully saturated rings. The molecule has 1 rings (SSSR count). The third kappa shape index (κ3) is 3.30. The molecule has 0 saturated heterocycles. The van der Waals surface area contributed by atoms with E-state index in [1.165, 1.54) is 0 Å². The van der Waals surface area contributed by atoms with Crippen molar-refractivity contribution >= 4 is 21.8 Å². The van der Waals surface area contributed by atoms with Gasteiger partial charge >= 0.3 is 0 Å². The summed E-state index contributed by atoms with van der Waals surface area (Å²) < 4.78 is 0.661. The summed E-state index contributed by atoms with van der Waals surface area (Å²) in [6.07, 6.45) is 4.13. The molecule has 1 aromatic rings. The van der Waals surface area contributed by atoms with Crippen molar-refractivity contribution in [2.75, 3.05) is 6.54 Å². The van der Waals surface area contributed by atoms with Crippen LogP contribution in [0.5, 0.6) is 0 Å². The summed E-state index contributed by atoms with van der Waals surface area (Å²) in [6, 6.07) is 3.36. The molecule has 0 spiro atoms. The standard InChI is InChI=1S/C10H11BrN2O/c1-2-3-5-13-10(14)8-4-6-12-9(11)7-8/h2,4,6-7H,1,3,5H2,(H,13,14). The van der Waals surface area contributed by atoms with Crippen LogP contribution in [0.3, 0.4) is 0 Å². The number of hydrogen-bond acceptors (Lipinski definition) is 2. The molecule has 0 unspecified atom stereocenters. The smallest absolute Gasteiger partial charge is 0.251 e. The van der Waals surface area contributed by atoms with E-state index in [1.54, 1.807) is 24.4 Å². The molecule has 3 nitrogen and oxygen atoms in total. The highest BCUT2D eigenvalue weighted by Gasteiger charge is 2.04. The number of aromatic nitrogens is 1. The Kier molecular flexibility index (Phi) is 4.32. The number of pyridine rings is 1. The fourth-order valence-electron chi connectivity index (χ4n) is 0.934. The van der Waals surface area contributed by atoms with Crippen molar-refractivity contribution in [1.29, 1.82) is 0 Å². The largest absolute Gasteiger partial charge is 0.352 e. The first-order valence-electron chi connectivity index (χ1n) is 4.24. The molecule has 1 aromatic heterocycles. The third-order valence-corrected chi connectivity index (χ3v) is 2.06. The lowest BCUT2D eigenvalue weighted by Gasteiger charge is -2.02. The van der Waals surface area contributed by atoms with E-state index in [0.29, 0.717) is 16.7 Å². The highest BCUT2D eigenvalue weighted by atomic mass is 79.9. The summed E-state index contributed by atoms with van der Waals surface area (Å²) in [5, 5.41) is 2.77. The summed E-state index contributed by atoms with van der Waals surface area (Å²) in [5.74, 6) is -0.0880. The fourth-order valence-corrected chi connectivity index (χ4v) is 1.30. The Labute approximate surface area is 91.4 Å². The third-order valence-electron chi connectivity index (χ3n) is 1.62. The number of carbonyl (C=O) groups excluding carboxylic acids is 1. The molecule has 14 heavy (non-hydrogen) atoms. The lowest BCUT2D eigenvalue weighted by Crippen LogP contribution is -2.24. The van der Waals surface area contributed by atoms with Crippen LogP contribution in [-0.2, 0) is 0 Å². The Morgan fingerprint density at radius 3 is 3.14 bits per heavy atom. The van der Waals surface area contributed by atoms with Gasteiger partial charge in [-0.15, -0.1) is 6.58 Å². The molecular weight excluding hydrogens is 244 g/mol. The van der Waals surface area contributed by atoms with Gasteiger partial charge in [-0.3, -0.25) is 4.79 Å². The van der Waals surface area contributed by atoms with Crippen LogP contribution in [0.2, 0.25) is 0 Å². The lowest BCUT2D eigenvalue weighted by atomic mass is 10.2. The first-order chi connectivity index (χ1) is 6.74. The average molecular weight is 255 g/mol. The molecule has 0 aliphatic heterocycles. The van der Waals surface area contributed by atoms with Gasteiger partial charge in [-0.1, -0.05) is 6.08 Å². The number of halogens is 1. The predicted molar refractivity (Wildman–Crippen MR) is 59.1 cm³/mol. The van der Waals surface area contributed by atoms with E-state index in [1.807, 2.05) is 0 Å². The first kappa shape index (κ1) is 10.9.